The van der Waals surface area contributed by atoms with E-state index in [1.54, 1.807) is 0 Å². The number of hydrogen-bond donors (Lipinski definition) is 1. The van der Waals surface area contributed by atoms with E-state index in [-0.39, 0.29) is 29.3 Å². The van der Waals surface area contributed by atoms with E-state index in [1.165, 1.54) is 6.07 Å². The molecule has 0 bridgehead atoms. The molecule has 0 spiro atoms. The van der Waals surface area contributed by atoms with Crippen LogP contribution < -0.4 is 5.73 Å². The van der Waals surface area contributed by atoms with Crippen molar-refractivity contribution in [1.29, 1.82) is 0 Å². The molecule has 1 atom stereocenters. The zero-order valence-electron chi connectivity index (χ0n) is 9.24. The molecule has 0 saturated heterocycles. The maximum absolute atomic E-state index is 11.4. The van der Waals surface area contributed by atoms with Gasteiger partial charge < -0.3 is 14.9 Å². The van der Waals surface area contributed by atoms with Crippen molar-refractivity contribution in [1.82, 2.24) is 0 Å². The maximum Gasteiger partial charge on any atom is 0.323 e. The van der Waals surface area contributed by atoms with Crippen LogP contribution in [-0.4, -0.2) is 18.6 Å². The van der Waals surface area contributed by atoms with Gasteiger partial charge in [-0.25, -0.2) is 0 Å². The van der Waals surface area contributed by atoms with Gasteiger partial charge >= 0.3 is 5.97 Å². The summed E-state index contributed by atoms with van der Waals surface area (Å²) in [5.74, 6) is -0.449. The summed E-state index contributed by atoms with van der Waals surface area (Å²) >= 11 is 11.3. The number of hydrogen-bond acceptors (Lipinski definition) is 4. The average molecular weight is 303 g/mol. The third-order valence-electron chi connectivity index (χ3n) is 1.92. The Bertz CT molecular complexity index is 368. The molecule has 1 heterocycles. The largest absolute Gasteiger partial charge is 0.465 e. The van der Waals surface area contributed by atoms with Crippen LogP contribution in [0.1, 0.15) is 18.9 Å². The zero-order valence-corrected chi connectivity index (χ0v) is 11.6. The molecule has 0 amide bonds. The van der Waals surface area contributed by atoms with E-state index in [9.17, 15) is 4.79 Å². The minimum atomic E-state index is -0.752. The van der Waals surface area contributed by atoms with Gasteiger partial charge in [0.15, 0.2) is 10.4 Å². The van der Waals surface area contributed by atoms with Crippen molar-refractivity contribution in [2.45, 2.75) is 25.8 Å². The number of carbonyl (C=O) groups is 1. The van der Waals surface area contributed by atoms with E-state index >= 15 is 0 Å². The summed E-state index contributed by atoms with van der Waals surface area (Å²) in [6.45, 7) is 2.28. The molecule has 0 fully saturated rings. The van der Waals surface area contributed by atoms with Crippen LogP contribution in [0.25, 0.3) is 0 Å². The Hall–Kier alpha value is -0.420. The summed E-state index contributed by atoms with van der Waals surface area (Å²) in [6.07, 6.45) is 1.01. The molecular weight excluding hydrogens is 288 g/mol. The van der Waals surface area contributed by atoms with Crippen molar-refractivity contribution < 1.29 is 13.9 Å². The first kappa shape index (κ1) is 16.6. The van der Waals surface area contributed by atoms with E-state index in [2.05, 4.69) is 0 Å². The summed E-state index contributed by atoms with van der Waals surface area (Å²) < 4.78 is 9.80. The summed E-state index contributed by atoms with van der Waals surface area (Å²) in [5.41, 5.74) is 6.25. The molecule has 0 aromatic carbocycles. The summed E-state index contributed by atoms with van der Waals surface area (Å²) in [5, 5.41) is 0.331. The van der Waals surface area contributed by atoms with Gasteiger partial charge in [-0.05, 0) is 29.6 Å². The maximum atomic E-state index is 11.4. The van der Waals surface area contributed by atoms with Crippen molar-refractivity contribution in [3.63, 3.8) is 0 Å². The molecule has 2 N–H and O–H groups in total. The molecule has 7 heteroatoms. The van der Waals surface area contributed by atoms with Gasteiger partial charge in [-0.15, -0.1) is 12.4 Å². The van der Waals surface area contributed by atoms with Crippen LogP contribution in [0.3, 0.4) is 0 Å². The number of esters is 1. The Labute approximate surface area is 116 Å². The van der Waals surface area contributed by atoms with E-state index in [0.717, 1.165) is 6.42 Å². The molecule has 1 aromatic heterocycles. The van der Waals surface area contributed by atoms with Gasteiger partial charge in [-0.3, -0.25) is 4.79 Å². The number of ether oxygens (including phenoxy) is 1. The summed E-state index contributed by atoms with van der Waals surface area (Å²) in [7, 11) is 0. The fraction of sp³-hybridized carbons (Fsp3) is 0.500. The average Bonchev–Trinajstić information content (AvgIpc) is 2.53. The first-order chi connectivity index (χ1) is 7.54. The third kappa shape index (κ3) is 5.17. The van der Waals surface area contributed by atoms with Crippen molar-refractivity contribution in [3.8, 4) is 0 Å². The Morgan fingerprint density at radius 2 is 2.24 bits per heavy atom. The van der Waals surface area contributed by atoms with Crippen LogP contribution >= 0.6 is 35.6 Å². The van der Waals surface area contributed by atoms with Crippen LogP contribution in [0.4, 0.5) is 0 Å². The first-order valence-corrected chi connectivity index (χ1v) is 5.66. The smallest absolute Gasteiger partial charge is 0.323 e. The van der Waals surface area contributed by atoms with Gasteiger partial charge in [0.2, 0.25) is 0 Å². The highest BCUT2D eigenvalue weighted by atomic mass is 35.5. The zero-order chi connectivity index (χ0) is 12.1. The minimum absolute atomic E-state index is 0. The monoisotopic (exact) mass is 301 g/mol. The molecule has 0 aliphatic carbocycles. The normalized spacial score (nSPS) is 11.8. The Morgan fingerprint density at radius 1 is 1.59 bits per heavy atom. The quantitative estimate of drug-likeness (QED) is 0.849. The minimum Gasteiger partial charge on any atom is -0.465 e. The topological polar surface area (TPSA) is 65.5 Å². The van der Waals surface area contributed by atoms with E-state index in [1.807, 2.05) is 6.92 Å². The lowest BCUT2D eigenvalue weighted by atomic mass is 10.1. The molecule has 1 unspecified atom stereocenters. The summed E-state index contributed by atoms with van der Waals surface area (Å²) in [4.78, 5) is 11.4. The number of nitrogens with two attached hydrogens (primary N) is 1. The van der Waals surface area contributed by atoms with E-state index < -0.39 is 12.0 Å². The molecule has 17 heavy (non-hydrogen) atoms. The van der Waals surface area contributed by atoms with Crippen molar-refractivity contribution in [2.75, 3.05) is 6.61 Å². The highest BCUT2D eigenvalue weighted by Crippen LogP contribution is 2.25. The van der Waals surface area contributed by atoms with Crippen LogP contribution in [0.5, 0.6) is 0 Å². The van der Waals surface area contributed by atoms with Gasteiger partial charge in [-0.2, -0.15) is 0 Å². The van der Waals surface area contributed by atoms with Crippen LogP contribution in [0, 0.1) is 0 Å². The lowest BCUT2D eigenvalue weighted by Gasteiger charge is -2.09. The SMILES string of the molecule is CCCOC(=O)C(N)Cc1cc(Cl)oc1Cl.Cl. The molecular formula is C10H14Cl3NO3. The number of carbonyl (C=O) groups excluding carboxylic acids is 1. The van der Waals surface area contributed by atoms with Gasteiger partial charge in [-0.1, -0.05) is 6.92 Å². The van der Waals surface area contributed by atoms with E-state index in [4.69, 9.17) is 38.1 Å². The third-order valence-corrected chi connectivity index (χ3v) is 2.42. The fourth-order valence-corrected chi connectivity index (χ4v) is 1.61. The molecule has 98 valence electrons. The second-order valence-corrected chi connectivity index (χ2v) is 4.04. The fourth-order valence-electron chi connectivity index (χ4n) is 1.14. The molecule has 0 aliphatic rings. The first-order valence-electron chi connectivity index (χ1n) is 4.90. The number of halogens is 3. The van der Waals surface area contributed by atoms with Gasteiger partial charge in [0.05, 0.1) is 6.61 Å². The molecule has 1 rings (SSSR count). The second-order valence-electron chi connectivity index (χ2n) is 3.33. The van der Waals surface area contributed by atoms with Gasteiger partial charge in [0.1, 0.15) is 6.04 Å². The predicted molar refractivity (Wildman–Crippen MR) is 68.9 cm³/mol. The van der Waals surface area contributed by atoms with Crippen LogP contribution in [0.2, 0.25) is 10.4 Å². The van der Waals surface area contributed by atoms with Crippen LogP contribution in [-0.2, 0) is 16.0 Å². The van der Waals surface area contributed by atoms with Gasteiger partial charge in [0.25, 0.3) is 0 Å². The van der Waals surface area contributed by atoms with Crippen molar-refractivity contribution in [2.24, 2.45) is 5.73 Å². The predicted octanol–water partition coefficient (Wildman–Crippen LogP) is 2.83. The molecule has 0 radical (unpaired) electrons. The molecule has 0 aliphatic heterocycles. The highest BCUT2D eigenvalue weighted by molar-refractivity contribution is 6.32. The second kappa shape index (κ2) is 7.82. The van der Waals surface area contributed by atoms with E-state index in [0.29, 0.717) is 12.2 Å². The highest BCUT2D eigenvalue weighted by Gasteiger charge is 2.19. The van der Waals surface area contributed by atoms with Crippen molar-refractivity contribution >= 4 is 41.6 Å². The Kier molecular flexibility index (Phi) is 7.63. The van der Waals surface area contributed by atoms with Gasteiger partial charge in [0, 0.05) is 18.1 Å². The van der Waals surface area contributed by atoms with Crippen LogP contribution in [0.15, 0.2) is 10.5 Å². The summed E-state index contributed by atoms with van der Waals surface area (Å²) in [6, 6.07) is 0.786. The molecule has 4 nitrogen and oxygen atoms in total. The Morgan fingerprint density at radius 3 is 2.71 bits per heavy atom. The molecule has 0 saturated carbocycles. The Balaban J connectivity index is 0.00000256. The number of rotatable bonds is 5. The lowest BCUT2D eigenvalue weighted by molar-refractivity contribution is -0.145. The molecule has 1 aromatic rings. The van der Waals surface area contributed by atoms with Crippen molar-refractivity contribution in [3.05, 3.63) is 22.1 Å². The standard InChI is InChI=1S/C10H13Cl2NO3.ClH/c1-2-3-15-10(14)7(13)4-6-5-8(11)16-9(6)12;/h5,7H,2-4,13H2,1H3;1H. The lowest BCUT2D eigenvalue weighted by Crippen LogP contribution is -2.34. The number of furan rings is 1.